The predicted molar refractivity (Wildman–Crippen MR) is 75.5 cm³/mol. The molecule has 1 amide bonds. The zero-order chi connectivity index (χ0) is 13.2. The fraction of sp³-hybridized carbons (Fsp3) is 0.267. The summed E-state index contributed by atoms with van der Waals surface area (Å²) in [4.78, 5) is 11.0. The molecule has 0 heterocycles. The number of hydrogen-bond acceptors (Lipinski definition) is 2. The van der Waals surface area contributed by atoms with Gasteiger partial charge in [0.15, 0.2) is 0 Å². The second-order valence-electron chi connectivity index (χ2n) is 5.21. The van der Waals surface area contributed by atoms with Crippen LogP contribution in [-0.2, 0) is 4.79 Å². The molecule has 0 atom stereocenters. The third-order valence-corrected chi connectivity index (χ3v) is 2.85. The molecule has 0 unspecified atom stereocenters. The van der Waals surface area contributed by atoms with Crippen molar-refractivity contribution in [2.45, 2.75) is 25.8 Å². The van der Waals surface area contributed by atoms with Crippen molar-refractivity contribution in [3.63, 3.8) is 0 Å². The molecule has 0 bridgehead atoms. The first-order valence-electron chi connectivity index (χ1n) is 6.02. The van der Waals surface area contributed by atoms with Gasteiger partial charge in [0, 0.05) is 17.6 Å². The van der Waals surface area contributed by atoms with Crippen LogP contribution in [0.2, 0.25) is 0 Å². The lowest BCUT2D eigenvalue weighted by Crippen LogP contribution is -2.35. The Balaban J connectivity index is 2.24. The summed E-state index contributed by atoms with van der Waals surface area (Å²) in [5.41, 5.74) is 5.90. The number of hydrogen-bond donors (Lipinski definition) is 2. The topological polar surface area (TPSA) is 55.1 Å². The first kappa shape index (κ1) is 12.4. The number of carbonyl (C=O) groups is 1. The highest BCUT2D eigenvalue weighted by Gasteiger charge is 2.20. The zero-order valence-electron chi connectivity index (χ0n) is 10.7. The second kappa shape index (κ2) is 4.69. The summed E-state index contributed by atoms with van der Waals surface area (Å²) in [7, 11) is 0. The molecule has 2 rings (SSSR count). The van der Waals surface area contributed by atoms with E-state index >= 15 is 0 Å². The van der Waals surface area contributed by atoms with Crippen molar-refractivity contribution in [2.24, 2.45) is 5.73 Å². The van der Waals surface area contributed by atoms with E-state index in [0.717, 1.165) is 5.69 Å². The summed E-state index contributed by atoms with van der Waals surface area (Å²) < 4.78 is 0. The van der Waals surface area contributed by atoms with Crippen molar-refractivity contribution in [2.75, 3.05) is 5.32 Å². The van der Waals surface area contributed by atoms with E-state index in [4.69, 9.17) is 5.73 Å². The van der Waals surface area contributed by atoms with Gasteiger partial charge in [0.2, 0.25) is 5.91 Å². The van der Waals surface area contributed by atoms with Gasteiger partial charge in [-0.1, -0.05) is 30.3 Å². The van der Waals surface area contributed by atoms with Crippen LogP contribution in [0.1, 0.15) is 20.3 Å². The van der Waals surface area contributed by atoms with Gasteiger partial charge in [-0.3, -0.25) is 4.79 Å². The standard InChI is InChI=1S/C15H18N2O/c1-15(2,10-14(16)18)17-13-8-7-11-5-3-4-6-12(11)9-13/h3-9,17H,10H2,1-2H3,(H2,16,18). The summed E-state index contributed by atoms with van der Waals surface area (Å²) in [6, 6.07) is 14.4. The third-order valence-electron chi connectivity index (χ3n) is 2.85. The van der Waals surface area contributed by atoms with Crippen molar-refractivity contribution < 1.29 is 4.79 Å². The lowest BCUT2D eigenvalue weighted by atomic mass is 9.99. The maximum absolute atomic E-state index is 11.0. The lowest BCUT2D eigenvalue weighted by molar-refractivity contribution is -0.118. The third kappa shape index (κ3) is 3.00. The van der Waals surface area contributed by atoms with Crippen LogP contribution in [0, 0.1) is 0 Å². The number of rotatable bonds is 4. The van der Waals surface area contributed by atoms with E-state index in [1.54, 1.807) is 0 Å². The smallest absolute Gasteiger partial charge is 0.219 e. The predicted octanol–water partition coefficient (Wildman–Crippen LogP) is 2.91. The molecule has 0 fully saturated rings. The van der Waals surface area contributed by atoms with E-state index in [1.165, 1.54) is 10.8 Å². The van der Waals surface area contributed by atoms with Gasteiger partial charge < -0.3 is 11.1 Å². The Morgan fingerprint density at radius 1 is 1.17 bits per heavy atom. The molecular formula is C15H18N2O. The Kier molecular flexibility index (Phi) is 3.24. The van der Waals surface area contributed by atoms with Gasteiger partial charge in [-0.15, -0.1) is 0 Å². The Labute approximate surface area is 107 Å². The molecular weight excluding hydrogens is 224 g/mol. The number of fused-ring (bicyclic) bond motifs is 1. The number of nitrogens with one attached hydrogen (secondary N) is 1. The number of primary amides is 1. The van der Waals surface area contributed by atoms with Crippen LogP contribution in [0.4, 0.5) is 5.69 Å². The molecule has 0 saturated carbocycles. The molecule has 0 aliphatic carbocycles. The van der Waals surface area contributed by atoms with Crippen molar-refractivity contribution >= 4 is 22.4 Å². The Bertz CT molecular complexity index is 575. The highest BCUT2D eigenvalue weighted by atomic mass is 16.1. The Hall–Kier alpha value is -2.03. The number of nitrogens with two attached hydrogens (primary N) is 1. The van der Waals surface area contributed by atoms with Crippen LogP contribution >= 0.6 is 0 Å². The van der Waals surface area contributed by atoms with Gasteiger partial charge in [-0.2, -0.15) is 0 Å². The van der Waals surface area contributed by atoms with E-state index in [9.17, 15) is 4.79 Å². The SMILES string of the molecule is CC(C)(CC(N)=O)Nc1ccc2ccccc2c1. The molecule has 0 radical (unpaired) electrons. The van der Waals surface area contributed by atoms with Crippen LogP contribution in [0.15, 0.2) is 42.5 Å². The minimum Gasteiger partial charge on any atom is -0.380 e. The zero-order valence-corrected chi connectivity index (χ0v) is 10.7. The second-order valence-corrected chi connectivity index (χ2v) is 5.21. The molecule has 2 aromatic carbocycles. The highest BCUT2D eigenvalue weighted by molar-refractivity contribution is 5.86. The lowest BCUT2D eigenvalue weighted by Gasteiger charge is -2.26. The fourth-order valence-electron chi connectivity index (χ4n) is 2.14. The maximum atomic E-state index is 11.0. The number of carbonyl (C=O) groups excluding carboxylic acids is 1. The van der Waals surface area contributed by atoms with E-state index < -0.39 is 0 Å². The van der Waals surface area contributed by atoms with Crippen molar-refractivity contribution in [1.29, 1.82) is 0 Å². The van der Waals surface area contributed by atoms with Crippen LogP contribution < -0.4 is 11.1 Å². The average molecular weight is 242 g/mol. The van der Waals surface area contributed by atoms with E-state index in [0.29, 0.717) is 6.42 Å². The minimum absolute atomic E-state index is 0.298. The summed E-state index contributed by atoms with van der Waals surface area (Å²) in [6.07, 6.45) is 0.305. The van der Waals surface area contributed by atoms with E-state index in [1.807, 2.05) is 32.0 Å². The molecule has 18 heavy (non-hydrogen) atoms. The fourth-order valence-corrected chi connectivity index (χ4v) is 2.14. The largest absolute Gasteiger partial charge is 0.380 e. The van der Waals surface area contributed by atoms with Crippen LogP contribution in [0.3, 0.4) is 0 Å². The normalized spacial score (nSPS) is 11.4. The molecule has 0 aliphatic rings. The molecule has 0 spiro atoms. The summed E-state index contributed by atoms with van der Waals surface area (Å²) in [5.74, 6) is -0.298. The number of benzene rings is 2. The van der Waals surface area contributed by atoms with Gasteiger partial charge in [0.05, 0.1) is 0 Å². The van der Waals surface area contributed by atoms with Crippen LogP contribution in [0.5, 0.6) is 0 Å². The molecule has 3 heteroatoms. The summed E-state index contributed by atoms with van der Waals surface area (Å²) in [6.45, 7) is 3.93. The number of amides is 1. The van der Waals surface area contributed by atoms with Crippen molar-refractivity contribution in [3.05, 3.63) is 42.5 Å². The first-order chi connectivity index (χ1) is 8.46. The van der Waals surface area contributed by atoms with Gasteiger partial charge in [0.1, 0.15) is 0 Å². The molecule has 0 aliphatic heterocycles. The molecule has 3 N–H and O–H groups in total. The van der Waals surface area contributed by atoms with Gasteiger partial charge >= 0.3 is 0 Å². The van der Waals surface area contributed by atoms with Crippen molar-refractivity contribution in [1.82, 2.24) is 0 Å². The molecule has 2 aromatic rings. The van der Waals surface area contributed by atoms with Crippen LogP contribution in [0.25, 0.3) is 10.8 Å². The quantitative estimate of drug-likeness (QED) is 0.866. The average Bonchev–Trinajstić information content (AvgIpc) is 2.26. The van der Waals surface area contributed by atoms with Crippen molar-refractivity contribution in [3.8, 4) is 0 Å². The summed E-state index contributed by atoms with van der Waals surface area (Å²) >= 11 is 0. The van der Waals surface area contributed by atoms with E-state index in [2.05, 4.69) is 29.6 Å². The Morgan fingerprint density at radius 2 is 1.83 bits per heavy atom. The van der Waals surface area contributed by atoms with Gasteiger partial charge in [0.25, 0.3) is 0 Å². The monoisotopic (exact) mass is 242 g/mol. The molecule has 3 nitrogen and oxygen atoms in total. The maximum Gasteiger partial charge on any atom is 0.219 e. The molecule has 0 aromatic heterocycles. The van der Waals surface area contributed by atoms with Gasteiger partial charge in [-0.25, -0.2) is 0 Å². The number of anilines is 1. The molecule has 94 valence electrons. The highest BCUT2D eigenvalue weighted by Crippen LogP contribution is 2.22. The first-order valence-corrected chi connectivity index (χ1v) is 6.02. The summed E-state index contributed by atoms with van der Waals surface area (Å²) in [5, 5.41) is 5.72. The minimum atomic E-state index is -0.339. The van der Waals surface area contributed by atoms with Gasteiger partial charge in [-0.05, 0) is 36.8 Å². The Morgan fingerprint density at radius 3 is 2.50 bits per heavy atom. The van der Waals surface area contributed by atoms with Crippen LogP contribution in [-0.4, -0.2) is 11.4 Å². The molecule has 0 saturated heterocycles. The van der Waals surface area contributed by atoms with E-state index in [-0.39, 0.29) is 11.4 Å².